The van der Waals surface area contributed by atoms with Gasteiger partial charge in [0.2, 0.25) is 5.91 Å². The van der Waals surface area contributed by atoms with Crippen LogP contribution in [0.3, 0.4) is 0 Å². The van der Waals surface area contributed by atoms with E-state index >= 15 is 0 Å². The van der Waals surface area contributed by atoms with Crippen molar-refractivity contribution in [1.82, 2.24) is 4.98 Å². The molecule has 1 aliphatic heterocycles. The maximum absolute atomic E-state index is 12.1. The van der Waals surface area contributed by atoms with Crippen LogP contribution in [0.4, 0.5) is 5.69 Å². The third kappa shape index (κ3) is 1.94. The predicted molar refractivity (Wildman–Crippen MR) is 76.0 cm³/mol. The molecule has 1 aromatic carbocycles. The Morgan fingerprint density at radius 2 is 2.26 bits per heavy atom. The number of carbonyl (C=O) groups is 1. The van der Waals surface area contributed by atoms with E-state index in [0.717, 1.165) is 16.6 Å². The van der Waals surface area contributed by atoms with Crippen LogP contribution in [0.2, 0.25) is 5.02 Å². The van der Waals surface area contributed by atoms with Crippen LogP contribution in [0.1, 0.15) is 6.42 Å². The van der Waals surface area contributed by atoms with Gasteiger partial charge in [-0.25, -0.2) is 0 Å². The average molecular weight is 271 g/mol. The fourth-order valence-electron chi connectivity index (χ4n) is 2.42. The zero-order valence-corrected chi connectivity index (χ0v) is 10.9. The molecule has 0 bridgehead atoms. The van der Waals surface area contributed by atoms with Gasteiger partial charge in [0.15, 0.2) is 0 Å². The first kappa shape index (κ1) is 12.0. The van der Waals surface area contributed by atoms with E-state index in [1.807, 2.05) is 18.2 Å². The summed E-state index contributed by atoms with van der Waals surface area (Å²) in [6, 6.07) is 7.37. The van der Waals surface area contributed by atoms with Gasteiger partial charge in [0, 0.05) is 30.5 Å². The molecule has 0 saturated carbocycles. The number of pyridine rings is 1. The lowest BCUT2D eigenvalue weighted by Gasteiger charge is -2.19. The lowest BCUT2D eigenvalue weighted by atomic mass is 10.1. The van der Waals surface area contributed by atoms with Gasteiger partial charge in [-0.15, -0.1) is 12.3 Å². The monoisotopic (exact) mass is 270 g/mol. The van der Waals surface area contributed by atoms with Crippen molar-refractivity contribution in [2.75, 3.05) is 11.4 Å². The molecule has 3 nitrogen and oxygen atoms in total. The topological polar surface area (TPSA) is 33.2 Å². The predicted octanol–water partition coefficient (Wildman–Crippen LogP) is 2.87. The van der Waals surface area contributed by atoms with Crippen LogP contribution in [0.5, 0.6) is 0 Å². The summed E-state index contributed by atoms with van der Waals surface area (Å²) in [6.45, 7) is 0.517. The van der Waals surface area contributed by atoms with Gasteiger partial charge in [-0.05, 0) is 24.3 Å². The molecule has 1 fully saturated rings. The number of carbonyl (C=O) groups excluding carboxylic acids is 1. The number of terminal acetylenes is 1. The maximum atomic E-state index is 12.1. The number of hydrogen-bond acceptors (Lipinski definition) is 2. The number of rotatable bonds is 1. The lowest BCUT2D eigenvalue weighted by molar-refractivity contribution is -0.117. The SMILES string of the molecule is C#CC1CC(=O)N(c2c(Cl)ccc3ncccc23)C1. The molecule has 4 heteroatoms. The smallest absolute Gasteiger partial charge is 0.228 e. The van der Waals surface area contributed by atoms with E-state index in [1.165, 1.54) is 0 Å². The number of amides is 1. The molecule has 1 saturated heterocycles. The molecule has 2 heterocycles. The molecule has 94 valence electrons. The fourth-order valence-corrected chi connectivity index (χ4v) is 2.69. The normalized spacial score (nSPS) is 18.8. The molecule has 2 aromatic rings. The second-order valence-corrected chi connectivity index (χ2v) is 4.95. The summed E-state index contributed by atoms with van der Waals surface area (Å²) < 4.78 is 0. The highest BCUT2D eigenvalue weighted by Gasteiger charge is 2.31. The number of fused-ring (bicyclic) bond motifs is 1. The summed E-state index contributed by atoms with van der Waals surface area (Å²) in [4.78, 5) is 18.1. The lowest BCUT2D eigenvalue weighted by Crippen LogP contribution is -2.25. The first-order chi connectivity index (χ1) is 9.20. The maximum Gasteiger partial charge on any atom is 0.228 e. The standard InChI is InChI=1S/C15H11ClN2O/c1-2-10-8-14(19)18(9-10)15-11-4-3-7-17-13(11)6-5-12(15)16/h1,3-7,10H,8-9H2. The number of nitrogens with zero attached hydrogens (tertiary/aromatic N) is 2. The van der Waals surface area contributed by atoms with Crippen LogP contribution in [0.15, 0.2) is 30.5 Å². The van der Waals surface area contributed by atoms with Gasteiger partial charge in [0.1, 0.15) is 0 Å². The molecule has 3 rings (SSSR count). The molecule has 1 aliphatic rings. The Morgan fingerprint density at radius 1 is 1.42 bits per heavy atom. The Bertz CT molecular complexity index is 705. The van der Waals surface area contributed by atoms with Crippen molar-refractivity contribution in [2.45, 2.75) is 6.42 Å². The van der Waals surface area contributed by atoms with Crippen molar-refractivity contribution in [1.29, 1.82) is 0 Å². The summed E-state index contributed by atoms with van der Waals surface area (Å²) in [5.41, 5.74) is 1.54. The third-order valence-corrected chi connectivity index (χ3v) is 3.64. The Kier molecular flexibility index (Phi) is 2.88. The number of halogens is 1. The summed E-state index contributed by atoms with van der Waals surface area (Å²) in [7, 11) is 0. The van der Waals surface area contributed by atoms with Gasteiger partial charge in [-0.2, -0.15) is 0 Å². The van der Waals surface area contributed by atoms with Crippen LogP contribution < -0.4 is 4.90 Å². The summed E-state index contributed by atoms with van der Waals surface area (Å²) in [5.74, 6) is 2.61. The van der Waals surface area contributed by atoms with E-state index in [9.17, 15) is 4.79 Å². The first-order valence-electron chi connectivity index (χ1n) is 6.00. The minimum absolute atomic E-state index is 0.0150. The van der Waals surface area contributed by atoms with Crippen LogP contribution in [-0.2, 0) is 4.79 Å². The molecule has 1 aromatic heterocycles. The zero-order chi connectivity index (χ0) is 13.4. The first-order valence-corrected chi connectivity index (χ1v) is 6.38. The van der Waals surface area contributed by atoms with Crippen LogP contribution in [0.25, 0.3) is 10.9 Å². The van der Waals surface area contributed by atoms with Crippen molar-refractivity contribution in [2.24, 2.45) is 5.92 Å². The highest BCUT2D eigenvalue weighted by Crippen LogP contribution is 2.36. The minimum atomic E-state index is -0.0458. The highest BCUT2D eigenvalue weighted by atomic mass is 35.5. The summed E-state index contributed by atoms with van der Waals surface area (Å²) in [5, 5.41) is 1.42. The van der Waals surface area contributed by atoms with Crippen molar-refractivity contribution in [3.63, 3.8) is 0 Å². The van der Waals surface area contributed by atoms with Gasteiger partial charge in [0.05, 0.1) is 16.2 Å². The van der Waals surface area contributed by atoms with Crippen LogP contribution in [0, 0.1) is 18.3 Å². The van der Waals surface area contributed by atoms with Crippen molar-refractivity contribution in [3.8, 4) is 12.3 Å². The Labute approximate surface area is 116 Å². The summed E-state index contributed by atoms with van der Waals surface area (Å²) in [6.07, 6.45) is 7.51. The van der Waals surface area contributed by atoms with E-state index < -0.39 is 0 Å². The van der Waals surface area contributed by atoms with Gasteiger partial charge < -0.3 is 4.90 Å². The van der Waals surface area contributed by atoms with E-state index in [2.05, 4.69) is 10.9 Å². The van der Waals surface area contributed by atoms with Gasteiger partial charge in [0.25, 0.3) is 0 Å². The molecule has 19 heavy (non-hydrogen) atoms. The van der Waals surface area contributed by atoms with Crippen LogP contribution in [-0.4, -0.2) is 17.4 Å². The molecular weight excluding hydrogens is 260 g/mol. The van der Waals surface area contributed by atoms with Crippen LogP contribution >= 0.6 is 11.6 Å². The number of hydrogen-bond donors (Lipinski definition) is 0. The molecule has 0 radical (unpaired) electrons. The number of benzene rings is 1. The highest BCUT2D eigenvalue weighted by molar-refractivity contribution is 6.35. The molecule has 1 unspecified atom stereocenters. The zero-order valence-electron chi connectivity index (χ0n) is 10.1. The molecule has 0 N–H and O–H groups in total. The Hall–Kier alpha value is -2.05. The van der Waals surface area contributed by atoms with Crippen molar-refractivity contribution >= 4 is 34.1 Å². The minimum Gasteiger partial charge on any atom is -0.309 e. The molecule has 0 aliphatic carbocycles. The van der Waals surface area contributed by atoms with Crippen molar-refractivity contribution < 1.29 is 4.79 Å². The number of anilines is 1. The van der Waals surface area contributed by atoms with E-state index in [1.54, 1.807) is 17.2 Å². The molecule has 1 atom stereocenters. The second-order valence-electron chi connectivity index (χ2n) is 4.54. The summed E-state index contributed by atoms with van der Waals surface area (Å²) >= 11 is 6.27. The quantitative estimate of drug-likeness (QED) is 0.747. The van der Waals surface area contributed by atoms with Gasteiger partial charge in [-0.3, -0.25) is 9.78 Å². The van der Waals surface area contributed by atoms with E-state index in [-0.39, 0.29) is 11.8 Å². The third-order valence-electron chi connectivity index (χ3n) is 3.34. The average Bonchev–Trinajstić information content (AvgIpc) is 2.80. The number of aromatic nitrogens is 1. The molecule has 0 spiro atoms. The van der Waals surface area contributed by atoms with E-state index in [4.69, 9.17) is 18.0 Å². The van der Waals surface area contributed by atoms with Gasteiger partial charge in [-0.1, -0.05) is 11.6 Å². The second kappa shape index (κ2) is 4.56. The fraction of sp³-hybridized carbons (Fsp3) is 0.200. The Morgan fingerprint density at radius 3 is 3.00 bits per heavy atom. The van der Waals surface area contributed by atoms with Gasteiger partial charge >= 0.3 is 0 Å². The largest absolute Gasteiger partial charge is 0.309 e. The molecular formula is C15H11ClN2O. The Balaban J connectivity index is 2.18. The molecule has 1 amide bonds. The van der Waals surface area contributed by atoms with E-state index in [0.29, 0.717) is 18.0 Å². The van der Waals surface area contributed by atoms with Crippen molar-refractivity contribution in [3.05, 3.63) is 35.5 Å².